The molecule has 1 N–H and O–H groups in total. The fourth-order valence-corrected chi connectivity index (χ4v) is 3.99. The zero-order valence-electron chi connectivity index (χ0n) is 19.5. The van der Waals surface area contributed by atoms with E-state index in [9.17, 15) is 4.79 Å². The Hall–Kier alpha value is -3.36. The van der Waals surface area contributed by atoms with E-state index < -0.39 is 0 Å². The van der Waals surface area contributed by atoms with Crippen LogP contribution in [-0.2, 0) is 9.47 Å². The standard InChI is InChI=1S/C26H30N2O6/c1-4-17(21-14-20(30-3)7-8-22(21)27-2)6-10-25-33-15-19(16-34-25)28-26(29)18-5-9-23-24(13-18)32-12-11-31-23/h4-5,7-9,13-14,19,25H,2,6,10-12,15-16H2,1,3H3,(H,28,29)/b17-4-. The lowest BCUT2D eigenvalue weighted by Gasteiger charge is -2.30. The van der Waals surface area contributed by atoms with Crippen LogP contribution in [0.2, 0.25) is 0 Å². The van der Waals surface area contributed by atoms with E-state index in [0.29, 0.717) is 49.9 Å². The predicted molar refractivity (Wildman–Crippen MR) is 129 cm³/mol. The van der Waals surface area contributed by atoms with Gasteiger partial charge in [0.05, 0.1) is 32.1 Å². The van der Waals surface area contributed by atoms with Crippen molar-refractivity contribution in [3.8, 4) is 17.2 Å². The summed E-state index contributed by atoms with van der Waals surface area (Å²) in [6, 6.07) is 10.7. The highest BCUT2D eigenvalue weighted by molar-refractivity contribution is 5.95. The monoisotopic (exact) mass is 466 g/mol. The molecule has 1 amide bonds. The summed E-state index contributed by atoms with van der Waals surface area (Å²) < 4.78 is 28.2. The van der Waals surface area contributed by atoms with Gasteiger partial charge in [-0.1, -0.05) is 6.08 Å². The SMILES string of the molecule is C=Nc1ccc(OC)cc1/C(=C\C)CCC1OCC(NC(=O)c2ccc3c(c2)OCCO3)CO1. The number of fused-ring (bicyclic) bond motifs is 1. The van der Waals surface area contributed by atoms with Crippen molar-refractivity contribution in [1.82, 2.24) is 5.32 Å². The van der Waals surface area contributed by atoms with E-state index in [-0.39, 0.29) is 18.2 Å². The van der Waals surface area contributed by atoms with Gasteiger partial charge < -0.3 is 29.0 Å². The minimum Gasteiger partial charge on any atom is -0.497 e. The van der Waals surface area contributed by atoms with Crippen LogP contribution in [-0.4, -0.2) is 58.5 Å². The second kappa shape index (κ2) is 11.2. The first-order chi connectivity index (χ1) is 16.6. The Labute approximate surface area is 199 Å². The molecule has 2 aromatic carbocycles. The fraction of sp³-hybridized carbons (Fsp3) is 0.385. The van der Waals surface area contributed by atoms with Gasteiger partial charge in [-0.2, -0.15) is 0 Å². The number of benzene rings is 2. The van der Waals surface area contributed by atoms with Gasteiger partial charge >= 0.3 is 0 Å². The lowest BCUT2D eigenvalue weighted by atomic mass is 9.98. The molecular formula is C26H30N2O6. The van der Waals surface area contributed by atoms with Crippen LogP contribution in [0.5, 0.6) is 17.2 Å². The number of carbonyl (C=O) groups is 1. The van der Waals surface area contributed by atoms with Crippen molar-refractivity contribution in [3.05, 3.63) is 53.6 Å². The third-order valence-electron chi connectivity index (χ3n) is 5.82. The molecule has 0 unspecified atom stereocenters. The lowest BCUT2D eigenvalue weighted by molar-refractivity contribution is -0.190. The van der Waals surface area contributed by atoms with Gasteiger partial charge in [-0.05, 0) is 62.0 Å². The number of rotatable bonds is 8. The Kier molecular flexibility index (Phi) is 7.82. The number of nitrogens with zero attached hydrogens (tertiary/aromatic N) is 1. The van der Waals surface area contributed by atoms with Crippen LogP contribution < -0.4 is 19.5 Å². The number of hydrogen-bond donors (Lipinski definition) is 1. The van der Waals surface area contributed by atoms with Crippen molar-refractivity contribution in [2.24, 2.45) is 4.99 Å². The van der Waals surface area contributed by atoms with Gasteiger partial charge in [-0.25, -0.2) is 0 Å². The molecule has 0 spiro atoms. The molecule has 2 aliphatic rings. The summed E-state index contributed by atoms with van der Waals surface area (Å²) in [5, 5.41) is 2.96. The molecule has 180 valence electrons. The maximum absolute atomic E-state index is 12.7. The van der Waals surface area contributed by atoms with Crippen LogP contribution in [0, 0.1) is 0 Å². The number of hydrogen-bond acceptors (Lipinski definition) is 7. The number of methoxy groups -OCH3 is 1. The molecule has 0 aliphatic carbocycles. The van der Waals surface area contributed by atoms with Crippen LogP contribution in [0.4, 0.5) is 5.69 Å². The first kappa shape index (κ1) is 23.8. The zero-order valence-corrected chi connectivity index (χ0v) is 19.5. The second-order valence-corrected chi connectivity index (χ2v) is 8.02. The van der Waals surface area contributed by atoms with Gasteiger partial charge in [0.1, 0.15) is 19.0 Å². The normalized spacial score (nSPS) is 19.9. The molecule has 0 aromatic heterocycles. The topological polar surface area (TPSA) is 87.6 Å². The van der Waals surface area contributed by atoms with Gasteiger partial charge in [-0.15, -0.1) is 0 Å². The Bertz CT molecular complexity index is 1060. The van der Waals surface area contributed by atoms with Gasteiger partial charge in [0, 0.05) is 17.5 Å². The number of nitrogens with one attached hydrogen (secondary N) is 1. The summed E-state index contributed by atoms with van der Waals surface area (Å²) in [6.45, 7) is 7.41. The maximum atomic E-state index is 12.7. The lowest BCUT2D eigenvalue weighted by Crippen LogP contribution is -2.47. The van der Waals surface area contributed by atoms with Gasteiger partial charge in [0.25, 0.3) is 5.91 Å². The molecule has 34 heavy (non-hydrogen) atoms. The maximum Gasteiger partial charge on any atom is 0.251 e. The quantitative estimate of drug-likeness (QED) is 0.588. The molecule has 2 aliphatic heterocycles. The molecular weight excluding hydrogens is 436 g/mol. The number of ether oxygens (including phenoxy) is 5. The Morgan fingerprint density at radius 2 is 1.91 bits per heavy atom. The van der Waals surface area contributed by atoms with Crippen LogP contribution in [0.25, 0.3) is 5.57 Å². The van der Waals surface area contributed by atoms with E-state index in [1.54, 1.807) is 25.3 Å². The smallest absolute Gasteiger partial charge is 0.251 e. The Morgan fingerprint density at radius 1 is 1.15 bits per heavy atom. The van der Waals surface area contributed by atoms with Crippen LogP contribution >= 0.6 is 0 Å². The second-order valence-electron chi connectivity index (χ2n) is 8.02. The Morgan fingerprint density at radius 3 is 2.62 bits per heavy atom. The van der Waals surface area contributed by atoms with E-state index in [0.717, 1.165) is 29.0 Å². The molecule has 2 heterocycles. The fourth-order valence-electron chi connectivity index (χ4n) is 3.99. The van der Waals surface area contributed by atoms with Crippen LogP contribution in [0.1, 0.15) is 35.7 Å². The van der Waals surface area contributed by atoms with Crippen molar-refractivity contribution in [2.75, 3.05) is 33.5 Å². The third-order valence-corrected chi connectivity index (χ3v) is 5.82. The molecule has 8 nitrogen and oxygen atoms in total. The van der Waals surface area contributed by atoms with Crippen LogP contribution in [0.15, 0.2) is 47.5 Å². The molecule has 2 aromatic rings. The predicted octanol–water partition coefficient (Wildman–Crippen LogP) is 4.15. The molecule has 0 radical (unpaired) electrons. The summed E-state index contributed by atoms with van der Waals surface area (Å²) in [5.74, 6) is 1.80. The summed E-state index contributed by atoms with van der Waals surface area (Å²) in [5.41, 5.74) is 3.41. The van der Waals surface area contributed by atoms with E-state index in [1.807, 2.05) is 25.1 Å². The number of aliphatic imine (C=N–C) groups is 1. The van der Waals surface area contributed by atoms with Gasteiger partial charge in [0.15, 0.2) is 17.8 Å². The number of carbonyl (C=O) groups excluding carboxylic acids is 1. The molecule has 1 saturated heterocycles. The molecule has 0 saturated carbocycles. The van der Waals surface area contributed by atoms with Crippen molar-refractivity contribution >= 4 is 23.9 Å². The minimum absolute atomic E-state index is 0.202. The van der Waals surface area contributed by atoms with Crippen molar-refractivity contribution in [3.63, 3.8) is 0 Å². The number of allylic oxidation sites excluding steroid dienone is 2. The van der Waals surface area contributed by atoms with Gasteiger partial charge in [0.2, 0.25) is 0 Å². The van der Waals surface area contributed by atoms with Crippen LogP contribution in [0.3, 0.4) is 0 Å². The largest absolute Gasteiger partial charge is 0.497 e. The average molecular weight is 467 g/mol. The first-order valence-electron chi connectivity index (χ1n) is 11.3. The van der Waals surface area contributed by atoms with E-state index >= 15 is 0 Å². The highest BCUT2D eigenvalue weighted by Gasteiger charge is 2.25. The molecule has 1 fully saturated rings. The summed E-state index contributed by atoms with van der Waals surface area (Å²) in [7, 11) is 1.64. The minimum atomic E-state index is -0.344. The number of amides is 1. The van der Waals surface area contributed by atoms with Crippen molar-refractivity contribution < 1.29 is 28.5 Å². The van der Waals surface area contributed by atoms with Crippen molar-refractivity contribution in [2.45, 2.75) is 32.1 Å². The summed E-state index contributed by atoms with van der Waals surface area (Å²) in [6.07, 6.45) is 3.13. The summed E-state index contributed by atoms with van der Waals surface area (Å²) in [4.78, 5) is 16.8. The third kappa shape index (κ3) is 5.58. The molecule has 8 heteroatoms. The van der Waals surface area contributed by atoms with E-state index in [2.05, 4.69) is 23.1 Å². The van der Waals surface area contributed by atoms with E-state index in [4.69, 9.17) is 23.7 Å². The first-order valence-corrected chi connectivity index (χ1v) is 11.3. The van der Waals surface area contributed by atoms with Crippen molar-refractivity contribution in [1.29, 1.82) is 0 Å². The van der Waals surface area contributed by atoms with E-state index in [1.165, 1.54) is 0 Å². The Balaban J connectivity index is 1.28. The molecule has 0 bridgehead atoms. The summed E-state index contributed by atoms with van der Waals surface area (Å²) >= 11 is 0. The molecule has 4 rings (SSSR count). The highest BCUT2D eigenvalue weighted by atomic mass is 16.7. The van der Waals surface area contributed by atoms with Gasteiger partial charge in [-0.3, -0.25) is 9.79 Å². The highest BCUT2D eigenvalue weighted by Crippen LogP contribution is 2.33. The average Bonchev–Trinajstić information content (AvgIpc) is 2.89. The molecule has 0 atom stereocenters. The zero-order chi connectivity index (χ0) is 23.9.